The Morgan fingerprint density at radius 2 is 2.17 bits per heavy atom. The van der Waals surface area contributed by atoms with Crippen LogP contribution in [-0.2, 0) is 16.6 Å². The summed E-state index contributed by atoms with van der Waals surface area (Å²) >= 11 is 7.52. The molecule has 6 nitrogen and oxygen atoms in total. The molecule has 0 aliphatic rings. The second-order valence-corrected chi connectivity index (χ2v) is 6.41. The lowest BCUT2D eigenvalue weighted by atomic mass is 10.2. The van der Waals surface area contributed by atoms with E-state index in [-0.39, 0.29) is 17.7 Å². The lowest BCUT2D eigenvalue weighted by molar-refractivity contribution is -0.119. The zero-order valence-electron chi connectivity index (χ0n) is 13.2. The predicted molar refractivity (Wildman–Crippen MR) is 91.7 cm³/mol. The fourth-order valence-electron chi connectivity index (χ4n) is 2.06. The molecule has 2 aromatic rings. The van der Waals surface area contributed by atoms with Crippen molar-refractivity contribution in [2.24, 2.45) is 7.05 Å². The highest BCUT2D eigenvalue weighted by atomic mass is 35.5. The van der Waals surface area contributed by atoms with Crippen LogP contribution in [0.1, 0.15) is 6.92 Å². The summed E-state index contributed by atoms with van der Waals surface area (Å²) in [6.45, 7) is 2.38. The molecule has 1 amide bonds. The van der Waals surface area contributed by atoms with Crippen LogP contribution in [0.4, 0.5) is 0 Å². The standard InChI is InChI=1S/C15H19ClN4O2S/c1-10(8-22-3)17-13(21)9-23-15-19-18-14(20(15)2)11-6-4-5-7-12(11)16/h4-7,10H,8-9H2,1-3H3,(H,17,21). The first-order valence-corrected chi connectivity index (χ1v) is 8.44. The molecule has 0 spiro atoms. The van der Waals surface area contributed by atoms with E-state index in [1.54, 1.807) is 7.11 Å². The SMILES string of the molecule is COCC(C)NC(=O)CSc1nnc(-c2ccccc2Cl)n1C. The molecule has 0 aliphatic heterocycles. The highest BCUT2D eigenvalue weighted by Crippen LogP contribution is 2.28. The van der Waals surface area contributed by atoms with E-state index in [1.165, 1.54) is 11.8 Å². The number of halogens is 1. The van der Waals surface area contributed by atoms with Crippen molar-refractivity contribution in [1.82, 2.24) is 20.1 Å². The van der Waals surface area contributed by atoms with Crippen LogP contribution >= 0.6 is 23.4 Å². The number of nitrogens with one attached hydrogen (secondary N) is 1. The lowest BCUT2D eigenvalue weighted by Gasteiger charge is -2.12. The van der Waals surface area contributed by atoms with Gasteiger partial charge in [0.15, 0.2) is 11.0 Å². The minimum absolute atomic E-state index is 0.0220. The van der Waals surface area contributed by atoms with Crippen LogP contribution in [-0.4, -0.2) is 46.2 Å². The fraction of sp³-hybridized carbons (Fsp3) is 0.400. The second-order valence-electron chi connectivity index (χ2n) is 5.06. The Morgan fingerprint density at radius 1 is 1.43 bits per heavy atom. The Morgan fingerprint density at radius 3 is 2.87 bits per heavy atom. The van der Waals surface area contributed by atoms with Crippen molar-refractivity contribution in [3.63, 3.8) is 0 Å². The third-order valence-electron chi connectivity index (χ3n) is 3.11. The van der Waals surface area contributed by atoms with Crippen LogP contribution in [0.15, 0.2) is 29.4 Å². The molecule has 0 saturated heterocycles. The van der Waals surface area contributed by atoms with Gasteiger partial charge in [-0.3, -0.25) is 4.79 Å². The molecule has 1 unspecified atom stereocenters. The van der Waals surface area contributed by atoms with Crippen molar-refractivity contribution in [1.29, 1.82) is 0 Å². The van der Waals surface area contributed by atoms with Gasteiger partial charge in [0.1, 0.15) is 0 Å². The number of nitrogens with zero attached hydrogens (tertiary/aromatic N) is 3. The van der Waals surface area contributed by atoms with Crippen LogP contribution in [0.3, 0.4) is 0 Å². The largest absolute Gasteiger partial charge is 0.383 e. The average Bonchev–Trinajstić information content (AvgIpc) is 2.87. The zero-order chi connectivity index (χ0) is 16.8. The normalized spacial score (nSPS) is 12.2. The number of hydrogen-bond donors (Lipinski definition) is 1. The number of thioether (sulfide) groups is 1. The molecular weight excluding hydrogens is 336 g/mol. The van der Waals surface area contributed by atoms with Crippen LogP contribution in [0.2, 0.25) is 5.02 Å². The van der Waals surface area contributed by atoms with E-state index in [1.807, 2.05) is 42.8 Å². The number of amides is 1. The maximum Gasteiger partial charge on any atom is 0.230 e. The Balaban J connectivity index is 2.00. The number of carbonyl (C=O) groups is 1. The summed E-state index contributed by atoms with van der Waals surface area (Å²) < 4.78 is 6.82. The first-order valence-electron chi connectivity index (χ1n) is 7.08. The molecule has 2 rings (SSSR count). The predicted octanol–water partition coefficient (Wildman–Crippen LogP) is 2.38. The Bertz CT molecular complexity index is 677. The quantitative estimate of drug-likeness (QED) is 0.773. The molecule has 0 bridgehead atoms. The van der Waals surface area contributed by atoms with Crippen molar-refractivity contribution in [3.8, 4) is 11.4 Å². The molecule has 1 N–H and O–H groups in total. The first kappa shape index (κ1) is 17.8. The monoisotopic (exact) mass is 354 g/mol. The molecule has 0 fully saturated rings. The van der Waals surface area contributed by atoms with E-state index in [0.29, 0.717) is 22.6 Å². The zero-order valence-corrected chi connectivity index (χ0v) is 14.8. The summed E-state index contributed by atoms with van der Waals surface area (Å²) in [7, 11) is 3.46. The summed E-state index contributed by atoms with van der Waals surface area (Å²) in [5.41, 5.74) is 0.814. The van der Waals surface area contributed by atoms with Crippen LogP contribution in [0.25, 0.3) is 11.4 Å². The molecule has 1 heterocycles. The molecule has 1 atom stereocenters. The van der Waals surface area contributed by atoms with Gasteiger partial charge in [-0.05, 0) is 19.1 Å². The van der Waals surface area contributed by atoms with Crippen LogP contribution in [0.5, 0.6) is 0 Å². The van der Waals surface area contributed by atoms with Crippen LogP contribution in [0, 0.1) is 0 Å². The topological polar surface area (TPSA) is 69.0 Å². The van der Waals surface area contributed by atoms with Gasteiger partial charge in [-0.25, -0.2) is 0 Å². The van der Waals surface area contributed by atoms with E-state index in [9.17, 15) is 4.79 Å². The highest BCUT2D eigenvalue weighted by Gasteiger charge is 2.15. The minimum atomic E-state index is -0.0677. The minimum Gasteiger partial charge on any atom is -0.383 e. The maximum absolute atomic E-state index is 11.9. The number of carbonyl (C=O) groups excluding carboxylic acids is 1. The molecule has 1 aromatic heterocycles. The van der Waals surface area contributed by atoms with Crippen molar-refractivity contribution >= 4 is 29.3 Å². The summed E-state index contributed by atoms with van der Waals surface area (Å²) in [5.74, 6) is 0.871. The van der Waals surface area contributed by atoms with Gasteiger partial charge in [-0.1, -0.05) is 35.5 Å². The van der Waals surface area contributed by atoms with Gasteiger partial charge in [0.05, 0.1) is 17.4 Å². The van der Waals surface area contributed by atoms with E-state index < -0.39 is 0 Å². The van der Waals surface area contributed by atoms with Gasteiger partial charge in [0.25, 0.3) is 0 Å². The molecular formula is C15H19ClN4O2S. The summed E-state index contributed by atoms with van der Waals surface area (Å²) in [4.78, 5) is 11.9. The molecule has 8 heteroatoms. The average molecular weight is 355 g/mol. The number of rotatable bonds is 7. The fourth-order valence-corrected chi connectivity index (χ4v) is 3.00. The van der Waals surface area contributed by atoms with Crippen molar-refractivity contribution in [2.45, 2.75) is 18.1 Å². The number of benzene rings is 1. The van der Waals surface area contributed by atoms with Crippen molar-refractivity contribution in [2.75, 3.05) is 19.5 Å². The Labute approximate surface area is 144 Å². The molecule has 23 heavy (non-hydrogen) atoms. The third-order valence-corrected chi connectivity index (χ3v) is 4.46. The molecule has 1 aromatic carbocycles. The first-order chi connectivity index (χ1) is 11.0. The number of aromatic nitrogens is 3. The van der Waals surface area contributed by atoms with Gasteiger partial charge in [-0.2, -0.15) is 0 Å². The summed E-state index contributed by atoms with van der Waals surface area (Å²) in [6.07, 6.45) is 0. The van der Waals surface area contributed by atoms with E-state index in [4.69, 9.17) is 16.3 Å². The Hall–Kier alpha value is -1.57. The van der Waals surface area contributed by atoms with Gasteiger partial charge >= 0.3 is 0 Å². The lowest BCUT2D eigenvalue weighted by Crippen LogP contribution is -2.36. The number of hydrogen-bond acceptors (Lipinski definition) is 5. The highest BCUT2D eigenvalue weighted by molar-refractivity contribution is 7.99. The van der Waals surface area contributed by atoms with Gasteiger partial charge in [-0.15, -0.1) is 10.2 Å². The third kappa shape index (κ3) is 4.70. The molecule has 0 saturated carbocycles. The molecule has 0 aliphatic carbocycles. The Kier molecular flexibility index (Phi) is 6.44. The van der Waals surface area contributed by atoms with Gasteiger partial charge in [0, 0.05) is 25.8 Å². The summed E-state index contributed by atoms with van der Waals surface area (Å²) in [5, 5.41) is 12.4. The summed E-state index contributed by atoms with van der Waals surface area (Å²) in [6, 6.07) is 7.44. The van der Waals surface area contributed by atoms with E-state index in [0.717, 1.165) is 5.56 Å². The number of methoxy groups -OCH3 is 1. The van der Waals surface area contributed by atoms with Gasteiger partial charge in [0.2, 0.25) is 5.91 Å². The molecule has 124 valence electrons. The van der Waals surface area contributed by atoms with E-state index >= 15 is 0 Å². The molecule has 0 radical (unpaired) electrons. The van der Waals surface area contributed by atoms with Crippen molar-refractivity contribution < 1.29 is 9.53 Å². The van der Waals surface area contributed by atoms with Gasteiger partial charge < -0.3 is 14.6 Å². The smallest absolute Gasteiger partial charge is 0.230 e. The van der Waals surface area contributed by atoms with Crippen LogP contribution < -0.4 is 5.32 Å². The van der Waals surface area contributed by atoms with Crippen molar-refractivity contribution in [3.05, 3.63) is 29.3 Å². The maximum atomic E-state index is 11.9. The van der Waals surface area contributed by atoms with E-state index in [2.05, 4.69) is 15.5 Å². The number of ether oxygens (including phenoxy) is 1. The second kappa shape index (κ2) is 8.33.